The van der Waals surface area contributed by atoms with Gasteiger partial charge < -0.3 is 46.2 Å². The van der Waals surface area contributed by atoms with E-state index in [4.69, 9.17) is 0 Å². The number of amides is 2. The van der Waals surface area contributed by atoms with E-state index >= 15 is 0 Å². The Hall–Kier alpha value is 1.80. The molecule has 0 saturated heterocycles. The van der Waals surface area contributed by atoms with Crippen LogP contribution in [-0.4, -0.2) is 23.9 Å². The summed E-state index contributed by atoms with van der Waals surface area (Å²) in [4.78, 5) is 23.2. The summed E-state index contributed by atoms with van der Waals surface area (Å²) in [5.41, 5.74) is 0. The molecule has 0 heterocycles. The molecule has 0 aromatic heterocycles. The molecule has 0 spiro atoms. The van der Waals surface area contributed by atoms with Gasteiger partial charge in [-0.2, -0.15) is 12.8 Å². The van der Waals surface area contributed by atoms with Gasteiger partial charge in [0, 0.05) is 115 Å². The average molecular weight is 568 g/mol. The standard InChI is InChI=1S/C17H24N2O2.2V.2Y/c1-3-5-7-9-16(20)18-14-11-12-15(13-14)19-17(21)10-8-6-4-2;;;;/h7-8,14-15H,1-6,11-13H2,(H,18,20)(H,19,21);;;;/q-4;;;;/t14-,15+;;;;. The Labute approximate surface area is 226 Å². The molecule has 0 aliphatic heterocycles. The zero-order valence-electron chi connectivity index (χ0n) is 14.5. The molecule has 8 heteroatoms. The summed E-state index contributed by atoms with van der Waals surface area (Å²) < 4.78 is 0. The number of hydrogen-bond donors (Lipinski definition) is 2. The third kappa shape index (κ3) is 17.6. The van der Waals surface area contributed by atoms with Gasteiger partial charge in [0.1, 0.15) is 0 Å². The van der Waals surface area contributed by atoms with Crippen molar-refractivity contribution in [3.63, 3.8) is 0 Å². The fraction of sp³-hybridized carbons (Fsp3) is 0.529. The van der Waals surface area contributed by atoms with Crippen molar-refractivity contribution in [1.82, 2.24) is 10.6 Å². The summed E-state index contributed by atoms with van der Waals surface area (Å²) >= 11 is 0. The number of unbranched alkanes of at least 4 members (excludes halogenated alkanes) is 2. The van der Waals surface area contributed by atoms with E-state index in [1.165, 1.54) is 0 Å². The molecule has 1 fully saturated rings. The molecule has 1 saturated carbocycles. The molecule has 4 nitrogen and oxygen atoms in total. The minimum atomic E-state index is -0.192. The molecule has 0 unspecified atom stereocenters. The van der Waals surface area contributed by atoms with E-state index in [0.29, 0.717) is 0 Å². The van der Waals surface area contributed by atoms with E-state index in [1.807, 2.05) is 0 Å². The number of rotatable bonds is 8. The van der Waals surface area contributed by atoms with E-state index in [2.05, 4.69) is 36.6 Å². The van der Waals surface area contributed by atoms with Crippen molar-refractivity contribution in [2.24, 2.45) is 0 Å². The Morgan fingerprint density at radius 2 is 1.24 bits per heavy atom. The van der Waals surface area contributed by atoms with Gasteiger partial charge >= 0.3 is 0 Å². The normalized spacial score (nSPS) is 18.5. The van der Waals surface area contributed by atoms with Crippen LogP contribution in [0.25, 0.3) is 0 Å². The van der Waals surface area contributed by atoms with Crippen LogP contribution in [0.5, 0.6) is 0 Å². The molecule has 0 aromatic carbocycles. The van der Waals surface area contributed by atoms with Gasteiger partial charge in [-0.3, -0.25) is 12.2 Å². The second-order valence-electron chi connectivity index (χ2n) is 5.14. The van der Waals surface area contributed by atoms with Gasteiger partial charge in [0.15, 0.2) is 0 Å². The molecule has 2 N–H and O–H groups in total. The number of hydrogen-bond acceptors (Lipinski definition) is 2. The van der Waals surface area contributed by atoms with Gasteiger partial charge in [0.05, 0.1) is 11.8 Å². The van der Waals surface area contributed by atoms with Crippen LogP contribution in [0.15, 0.2) is 12.2 Å². The minimum Gasteiger partial charge on any atom is -0.409 e. The molecule has 1 rings (SSSR count). The fourth-order valence-electron chi connectivity index (χ4n) is 2.23. The largest absolute Gasteiger partial charge is 0.409 e. The maximum absolute atomic E-state index is 11.6. The first-order valence-electron chi connectivity index (χ1n) is 7.51. The minimum absolute atomic E-state index is 0. The predicted molar refractivity (Wildman–Crippen MR) is 82.5 cm³/mol. The predicted octanol–water partition coefficient (Wildman–Crippen LogP) is 2.08. The van der Waals surface area contributed by atoms with Gasteiger partial charge in [-0.05, 0) is 19.3 Å². The molecule has 2 amide bonds. The first kappa shape index (κ1) is 34.3. The van der Waals surface area contributed by atoms with Crippen molar-refractivity contribution in [2.45, 2.75) is 57.0 Å². The van der Waals surface area contributed by atoms with Crippen LogP contribution in [0.2, 0.25) is 0 Å². The van der Waals surface area contributed by atoms with Gasteiger partial charge in [0.2, 0.25) is 0 Å². The fourth-order valence-corrected chi connectivity index (χ4v) is 2.23. The van der Waals surface area contributed by atoms with Crippen molar-refractivity contribution >= 4 is 11.8 Å². The van der Waals surface area contributed by atoms with Crippen molar-refractivity contribution in [3.8, 4) is 0 Å². The first-order valence-corrected chi connectivity index (χ1v) is 7.51. The zero-order valence-corrected chi connectivity index (χ0v) is 23.0. The third-order valence-electron chi connectivity index (χ3n) is 3.27. The van der Waals surface area contributed by atoms with Gasteiger partial charge in [-0.25, -0.2) is 0 Å². The summed E-state index contributed by atoms with van der Waals surface area (Å²) in [7, 11) is 0. The molecule has 25 heavy (non-hydrogen) atoms. The molecule has 4 radical (unpaired) electrons. The SMILES string of the molecule is [CH2-]CCC=[C-]C(=O)N[C@@H]1CC[C@H](NC(=O)[C-]=CCC[CH2-])C1.[V].[V].[Y].[Y]. The quantitative estimate of drug-likeness (QED) is 0.349. The molecule has 1 aliphatic carbocycles. The van der Waals surface area contributed by atoms with Gasteiger partial charge in [-0.15, -0.1) is 0 Å². The first-order chi connectivity index (χ1) is 10.2. The smallest absolute Gasteiger partial charge is 0.0624 e. The summed E-state index contributed by atoms with van der Waals surface area (Å²) in [6.07, 6.45) is 14.3. The summed E-state index contributed by atoms with van der Waals surface area (Å²) in [6, 6.07) is 0.208. The van der Waals surface area contributed by atoms with Crippen molar-refractivity contribution in [1.29, 1.82) is 0 Å². The third-order valence-corrected chi connectivity index (χ3v) is 3.27. The van der Waals surface area contributed by atoms with E-state index in [9.17, 15) is 9.59 Å². The van der Waals surface area contributed by atoms with Crippen LogP contribution < -0.4 is 10.6 Å². The molecule has 1 aliphatic rings. The molecule has 134 valence electrons. The Morgan fingerprint density at radius 1 is 0.880 bits per heavy atom. The van der Waals surface area contributed by atoms with Crippen LogP contribution in [-0.2, 0) is 112 Å². The van der Waals surface area contributed by atoms with Crippen LogP contribution in [0.4, 0.5) is 0 Å². The maximum atomic E-state index is 11.6. The Balaban J connectivity index is -0.000000551. The van der Waals surface area contributed by atoms with Crippen LogP contribution in [0, 0.1) is 26.0 Å². The molecule has 0 bridgehead atoms. The summed E-state index contributed by atoms with van der Waals surface area (Å²) in [6.45, 7) is 7.39. The van der Waals surface area contributed by atoms with E-state index in [1.54, 1.807) is 12.2 Å². The molecular weight excluding hydrogens is 544 g/mol. The second-order valence-corrected chi connectivity index (χ2v) is 5.14. The summed E-state index contributed by atoms with van der Waals surface area (Å²) in [5, 5.41) is 5.81. The maximum Gasteiger partial charge on any atom is 0.0624 e. The number of carbonyl (C=O) groups excluding carboxylic acids is 2. The van der Waals surface area contributed by atoms with Crippen molar-refractivity contribution in [3.05, 3.63) is 38.2 Å². The Kier molecular flexibility index (Phi) is 30.3. The number of nitrogens with one attached hydrogen (secondary N) is 2. The van der Waals surface area contributed by atoms with Gasteiger partial charge in [-0.1, -0.05) is 12.8 Å². The average Bonchev–Trinajstić information content (AvgIpc) is 2.86. The molecule has 2 atom stereocenters. The Morgan fingerprint density at radius 3 is 1.56 bits per heavy atom. The second kappa shape index (κ2) is 22.1. The monoisotopic (exact) mass is 568 g/mol. The van der Waals surface area contributed by atoms with Crippen LogP contribution in [0.3, 0.4) is 0 Å². The van der Waals surface area contributed by atoms with E-state index < -0.39 is 0 Å². The van der Waals surface area contributed by atoms with Crippen molar-refractivity contribution in [2.75, 3.05) is 0 Å². The Bertz CT molecular complexity index is 372. The van der Waals surface area contributed by atoms with E-state index in [0.717, 1.165) is 44.9 Å². The number of allylic oxidation sites excluding steroid dienone is 2. The zero-order chi connectivity index (χ0) is 15.5. The van der Waals surface area contributed by atoms with Gasteiger partial charge in [0.25, 0.3) is 0 Å². The van der Waals surface area contributed by atoms with Crippen LogP contribution in [0.1, 0.15) is 44.9 Å². The number of carbonyl (C=O) groups is 2. The molecular formula is C17H24N2O2V2Y2-4. The topological polar surface area (TPSA) is 58.2 Å². The van der Waals surface area contributed by atoms with Crippen LogP contribution >= 0.6 is 0 Å². The van der Waals surface area contributed by atoms with E-state index in [-0.39, 0.29) is 126 Å². The summed E-state index contributed by atoms with van der Waals surface area (Å²) in [5.74, 6) is -0.385. The van der Waals surface area contributed by atoms with Crippen molar-refractivity contribution < 1.29 is 112 Å². The molecule has 0 aromatic rings.